The third kappa shape index (κ3) is 5.29. The molecule has 1 fully saturated rings. The number of fused-ring (bicyclic) bond motifs is 1. The lowest BCUT2D eigenvalue weighted by Gasteiger charge is -2.37. The van der Waals surface area contributed by atoms with E-state index in [1.807, 2.05) is 18.5 Å². The number of hydrogen-bond acceptors (Lipinski definition) is 8. The van der Waals surface area contributed by atoms with Crippen LogP contribution >= 0.6 is 0 Å². The number of piperidine rings is 1. The minimum atomic E-state index is -0.614. The quantitative estimate of drug-likeness (QED) is 0.677. The Bertz CT molecular complexity index is 1000. The number of ether oxygens (including phenoxy) is 3. The molecule has 9 nitrogen and oxygen atoms in total. The van der Waals surface area contributed by atoms with Crippen molar-refractivity contribution in [2.24, 2.45) is 5.92 Å². The molecule has 2 aliphatic rings. The van der Waals surface area contributed by atoms with E-state index in [1.54, 1.807) is 12.3 Å². The summed E-state index contributed by atoms with van der Waals surface area (Å²) >= 11 is 0. The SMILES string of the molecule is COc1ncc(-n2nc(OCCN3CCC(C(C)(C)O)CC3)c3c2CCOCC3)cc1C#N. The fourth-order valence-corrected chi connectivity index (χ4v) is 4.68. The maximum atomic E-state index is 10.3. The van der Waals surface area contributed by atoms with Crippen LogP contribution in [0.5, 0.6) is 11.8 Å². The second-order valence-electron chi connectivity index (χ2n) is 9.23. The van der Waals surface area contributed by atoms with Gasteiger partial charge in [0.25, 0.3) is 0 Å². The van der Waals surface area contributed by atoms with E-state index in [0.717, 1.165) is 50.2 Å². The van der Waals surface area contributed by atoms with E-state index >= 15 is 0 Å². The Hall–Kier alpha value is -2.67. The van der Waals surface area contributed by atoms with E-state index in [4.69, 9.17) is 19.3 Å². The highest BCUT2D eigenvalue weighted by atomic mass is 16.5. The van der Waals surface area contributed by atoms with Crippen molar-refractivity contribution in [2.75, 3.05) is 46.6 Å². The summed E-state index contributed by atoms with van der Waals surface area (Å²) in [6.07, 6.45) is 5.10. The van der Waals surface area contributed by atoms with Gasteiger partial charge in [0.15, 0.2) is 0 Å². The molecule has 0 saturated carbocycles. The Kier molecular flexibility index (Phi) is 7.17. The predicted molar refractivity (Wildman–Crippen MR) is 122 cm³/mol. The highest BCUT2D eigenvalue weighted by Crippen LogP contribution is 2.30. The molecule has 0 atom stereocenters. The Labute approximate surface area is 194 Å². The van der Waals surface area contributed by atoms with Gasteiger partial charge in [-0.25, -0.2) is 9.67 Å². The van der Waals surface area contributed by atoms with Crippen molar-refractivity contribution in [2.45, 2.75) is 45.1 Å². The van der Waals surface area contributed by atoms with Crippen LogP contribution in [0, 0.1) is 17.2 Å². The molecule has 1 N–H and O–H groups in total. The molecule has 0 amide bonds. The van der Waals surface area contributed by atoms with Crippen LogP contribution in [0.4, 0.5) is 0 Å². The van der Waals surface area contributed by atoms with E-state index < -0.39 is 5.60 Å². The van der Waals surface area contributed by atoms with Gasteiger partial charge >= 0.3 is 0 Å². The molecule has 0 spiro atoms. The van der Waals surface area contributed by atoms with Crippen LogP contribution in [0.2, 0.25) is 0 Å². The number of rotatable bonds is 7. The van der Waals surface area contributed by atoms with Crippen molar-refractivity contribution in [1.29, 1.82) is 5.26 Å². The largest absolute Gasteiger partial charge is 0.480 e. The Morgan fingerprint density at radius 1 is 1.24 bits per heavy atom. The Balaban J connectivity index is 1.47. The predicted octanol–water partition coefficient (Wildman–Crippen LogP) is 2.12. The molecule has 0 radical (unpaired) electrons. The van der Waals surface area contributed by atoms with Gasteiger partial charge in [-0.1, -0.05) is 0 Å². The minimum Gasteiger partial charge on any atom is -0.480 e. The highest BCUT2D eigenvalue weighted by molar-refractivity contribution is 5.47. The molecule has 1 saturated heterocycles. The van der Waals surface area contributed by atoms with E-state index in [0.29, 0.717) is 55.2 Å². The maximum Gasteiger partial charge on any atom is 0.236 e. The summed E-state index contributed by atoms with van der Waals surface area (Å²) in [4.78, 5) is 6.65. The van der Waals surface area contributed by atoms with E-state index in [-0.39, 0.29) is 0 Å². The van der Waals surface area contributed by atoms with Gasteiger partial charge in [-0.2, -0.15) is 5.26 Å². The zero-order valence-corrected chi connectivity index (χ0v) is 19.7. The van der Waals surface area contributed by atoms with E-state index in [9.17, 15) is 10.4 Å². The van der Waals surface area contributed by atoms with Crippen molar-refractivity contribution in [3.8, 4) is 23.5 Å². The topological polar surface area (TPSA) is 106 Å². The van der Waals surface area contributed by atoms with E-state index in [1.165, 1.54) is 7.11 Å². The fourth-order valence-electron chi connectivity index (χ4n) is 4.68. The second-order valence-corrected chi connectivity index (χ2v) is 9.23. The average molecular weight is 456 g/mol. The zero-order valence-electron chi connectivity index (χ0n) is 19.7. The van der Waals surface area contributed by atoms with Gasteiger partial charge in [-0.15, -0.1) is 5.10 Å². The molecule has 4 rings (SSSR count). The molecule has 0 bridgehead atoms. The van der Waals surface area contributed by atoms with Crippen LogP contribution in [-0.2, 0) is 17.6 Å². The molecule has 33 heavy (non-hydrogen) atoms. The van der Waals surface area contributed by atoms with Crippen molar-refractivity contribution in [1.82, 2.24) is 19.7 Å². The number of nitrogens with zero attached hydrogens (tertiary/aromatic N) is 5. The molecule has 0 unspecified atom stereocenters. The highest BCUT2D eigenvalue weighted by Gasteiger charge is 2.30. The fraction of sp³-hybridized carbons (Fsp3) is 0.625. The van der Waals surface area contributed by atoms with Crippen molar-refractivity contribution < 1.29 is 19.3 Å². The Morgan fingerprint density at radius 3 is 2.70 bits per heavy atom. The van der Waals surface area contributed by atoms with E-state index in [2.05, 4.69) is 16.0 Å². The normalized spacial score (nSPS) is 17.8. The first kappa shape index (κ1) is 23.5. The smallest absolute Gasteiger partial charge is 0.236 e. The third-order valence-corrected chi connectivity index (χ3v) is 6.66. The van der Waals surface area contributed by atoms with Crippen LogP contribution < -0.4 is 9.47 Å². The number of hydrogen-bond donors (Lipinski definition) is 1. The lowest BCUT2D eigenvalue weighted by Crippen LogP contribution is -2.43. The first-order valence-electron chi connectivity index (χ1n) is 11.6. The number of aliphatic hydroxyl groups is 1. The number of nitriles is 1. The van der Waals surface area contributed by atoms with Gasteiger partial charge in [-0.05, 0) is 51.8 Å². The van der Waals surface area contributed by atoms with Crippen molar-refractivity contribution in [3.05, 3.63) is 29.1 Å². The van der Waals surface area contributed by atoms with Crippen LogP contribution in [0.1, 0.15) is 43.5 Å². The molecule has 2 aromatic rings. The molecule has 2 aliphatic heterocycles. The summed E-state index contributed by atoms with van der Waals surface area (Å²) in [6, 6.07) is 3.87. The maximum absolute atomic E-state index is 10.3. The van der Waals surface area contributed by atoms with Gasteiger partial charge in [0.1, 0.15) is 18.2 Å². The minimum absolute atomic E-state index is 0.299. The molecular weight excluding hydrogens is 422 g/mol. The average Bonchev–Trinajstić information content (AvgIpc) is 2.98. The summed E-state index contributed by atoms with van der Waals surface area (Å²) in [5.74, 6) is 1.27. The van der Waals surface area contributed by atoms with Gasteiger partial charge in [0, 0.05) is 24.9 Å². The lowest BCUT2D eigenvalue weighted by atomic mass is 9.83. The number of pyridine rings is 1. The standard InChI is InChI=1S/C24H33N5O4/c1-24(2,30)18-4-8-28(9-5-18)10-13-33-23-20-6-11-32-12-7-21(20)29(27-23)19-14-17(15-25)22(31-3)26-16-19/h14,16,18,30H,4-13H2,1-3H3. The molecule has 178 valence electrons. The number of aromatic nitrogens is 3. The van der Waals surface area contributed by atoms with Crippen molar-refractivity contribution >= 4 is 0 Å². The van der Waals surface area contributed by atoms with Gasteiger partial charge < -0.3 is 19.3 Å². The Morgan fingerprint density at radius 2 is 2.00 bits per heavy atom. The second kappa shape index (κ2) is 10.1. The molecule has 9 heteroatoms. The molecule has 0 aromatic carbocycles. The number of methoxy groups -OCH3 is 1. The summed E-state index contributed by atoms with van der Waals surface area (Å²) in [7, 11) is 1.50. The first-order chi connectivity index (χ1) is 15.9. The molecule has 4 heterocycles. The zero-order chi connectivity index (χ0) is 23.4. The van der Waals surface area contributed by atoms with Crippen molar-refractivity contribution in [3.63, 3.8) is 0 Å². The monoisotopic (exact) mass is 455 g/mol. The molecule has 2 aromatic heterocycles. The van der Waals surface area contributed by atoms with Gasteiger partial charge in [-0.3, -0.25) is 4.90 Å². The van der Waals surface area contributed by atoms with Gasteiger partial charge in [0.2, 0.25) is 11.8 Å². The van der Waals surface area contributed by atoms with Crippen LogP contribution in [-0.4, -0.2) is 76.9 Å². The summed E-state index contributed by atoms with van der Waals surface area (Å²) in [6.45, 7) is 8.34. The van der Waals surface area contributed by atoms with Crippen LogP contribution in [0.3, 0.4) is 0 Å². The summed E-state index contributed by atoms with van der Waals surface area (Å²) in [5, 5.41) is 24.5. The first-order valence-corrected chi connectivity index (χ1v) is 11.6. The lowest BCUT2D eigenvalue weighted by molar-refractivity contribution is -0.0138. The molecule has 0 aliphatic carbocycles. The van der Waals surface area contributed by atoms with Gasteiger partial charge in [0.05, 0.1) is 43.5 Å². The summed E-state index contributed by atoms with van der Waals surface area (Å²) < 4.78 is 18.9. The summed E-state index contributed by atoms with van der Waals surface area (Å²) in [5.41, 5.74) is 2.54. The van der Waals surface area contributed by atoms with Crippen LogP contribution in [0.15, 0.2) is 12.3 Å². The van der Waals surface area contributed by atoms with Crippen LogP contribution in [0.25, 0.3) is 5.69 Å². The third-order valence-electron chi connectivity index (χ3n) is 6.66. The number of likely N-dealkylation sites (tertiary alicyclic amines) is 1. The molecular formula is C24H33N5O4.